The zero-order valence-electron chi connectivity index (χ0n) is 12.7. The van der Waals surface area contributed by atoms with Crippen LogP contribution in [0, 0.1) is 0 Å². The maximum atomic E-state index is 12.7. The largest absolute Gasteiger partial charge is 0.456 e. The SMILES string of the molecule is COC(=O)Nc1nc2ncc(Oc3cccc(C(F)(F)F)c3)cc2[nH]1. The highest BCUT2D eigenvalue weighted by Gasteiger charge is 2.30. The van der Waals surface area contributed by atoms with Crippen molar-refractivity contribution in [2.24, 2.45) is 0 Å². The number of amides is 1. The smallest absolute Gasteiger partial charge is 0.416 e. The molecule has 0 aliphatic rings. The van der Waals surface area contributed by atoms with Crippen LogP contribution in [0.3, 0.4) is 0 Å². The first-order chi connectivity index (χ1) is 11.8. The number of nitrogens with zero attached hydrogens (tertiary/aromatic N) is 2. The molecule has 0 unspecified atom stereocenters. The van der Waals surface area contributed by atoms with E-state index in [2.05, 4.69) is 25.0 Å². The van der Waals surface area contributed by atoms with Crippen LogP contribution < -0.4 is 10.1 Å². The molecule has 2 heterocycles. The van der Waals surface area contributed by atoms with Gasteiger partial charge in [-0.2, -0.15) is 18.2 Å². The number of hydrogen-bond acceptors (Lipinski definition) is 5. The summed E-state index contributed by atoms with van der Waals surface area (Å²) in [4.78, 5) is 22.0. The molecule has 3 rings (SSSR count). The molecule has 0 aliphatic heterocycles. The van der Waals surface area contributed by atoms with Gasteiger partial charge < -0.3 is 14.5 Å². The van der Waals surface area contributed by atoms with E-state index >= 15 is 0 Å². The van der Waals surface area contributed by atoms with Gasteiger partial charge in [0.05, 0.1) is 24.4 Å². The second kappa shape index (κ2) is 6.30. The first-order valence-corrected chi connectivity index (χ1v) is 6.91. The van der Waals surface area contributed by atoms with E-state index in [4.69, 9.17) is 4.74 Å². The number of fused-ring (bicyclic) bond motifs is 1. The number of anilines is 1. The maximum Gasteiger partial charge on any atom is 0.416 e. The van der Waals surface area contributed by atoms with Crippen LogP contribution in [0.1, 0.15) is 5.56 Å². The van der Waals surface area contributed by atoms with Gasteiger partial charge >= 0.3 is 12.3 Å². The predicted molar refractivity (Wildman–Crippen MR) is 81.4 cm³/mol. The molecule has 2 aromatic heterocycles. The minimum atomic E-state index is -4.46. The summed E-state index contributed by atoms with van der Waals surface area (Å²) in [5, 5.41) is 2.34. The van der Waals surface area contributed by atoms with E-state index in [-0.39, 0.29) is 17.4 Å². The van der Waals surface area contributed by atoms with Crippen molar-refractivity contribution in [3.05, 3.63) is 42.1 Å². The highest BCUT2D eigenvalue weighted by Crippen LogP contribution is 2.32. The summed E-state index contributed by atoms with van der Waals surface area (Å²) in [6.07, 6.45) is -3.86. The average molecular weight is 352 g/mol. The lowest BCUT2D eigenvalue weighted by Gasteiger charge is -2.09. The lowest BCUT2D eigenvalue weighted by Crippen LogP contribution is -2.11. The lowest BCUT2D eigenvalue weighted by molar-refractivity contribution is -0.137. The van der Waals surface area contributed by atoms with Gasteiger partial charge in [0.2, 0.25) is 5.95 Å². The molecule has 0 atom stereocenters. The maximum absolute atomic E-state index is 12.7. The Kier molecular flexibility index (Phi) is 4.17. The third-order valence-electron chi connectivity index (χ3n) is 3.12. The molecule has 25 heavy (non-hydrogen) atoms. The number of ether oxygens (including phenoxy) is 2. The summed E-state index contributed by atoms with van der Waals surface area (Å²) in [6.45, 7) is 0. The molecule has 7 nitrogen and oxygen atoms in total. The third kappa shape index (κ3) is 3.79. The standard InChI is InChI=1S/C15H11F3N4O3/c1-24-14(23)22-13-20-11-6-10(7-19-12(11)21-13)25-9-4-2-3-8(5-9)15(16,17)18/h2-7H,1H3,(H2,19,20,21,22,23). The van der Waals surface area contributed by atoms with Gasteiger partial charge in [0.1, 0.15) is 11.5 Å². The van der Waals surface area contributed by atoms with Crippen LogP contribution >= 0.6 is 0 Å². The number of carbonyl (C=O) groups excluding carboxylic acids is 1. The number of aromatic amines is 1. The van der Waals surface area contributed by atoms with Crippen LogP contribution in [0.4, 0.5) is 23.9 Å². The first kappa shape index (κ1) is 16.6. The Labute approximate surface area is 138 Å². The Bertz CT molecular complexity index is 924. The number of pyridine rings is 1. The van der Waals surface area contributed by atoms with Crippen LogP contribution in [-0.4, -0.2) is 28.2 Å². The lowest BCUT2D eigenvalue weighted by atomic mass is 10.2. The highest BCUT2D eigenvalue weighted by molar-refractivity contribution is 5.85. The van der Waals surface area contributed by atoms with Gasteiger partial charge in [0.25, 0.3) is 0 Å². The molecule has 0 saturated carbocycles. The number of benzene rings is 1. The van der Waals surface area contributed by atoms with Gasteiger partial charge in [0, 0.05) is 6.07 Å². The Morgan fingerprint density at radius 1 is 1.24 bits per heavy atom. The van der Waals surface area contributed by atoms with E-state index < -0.39 is 17.8 Å². The van der Waals surface area contributed by atoms with Crippen molar-refractivity contribution in [2.75, 3.05) is 12.4 Å². The minimum absolute atomic E-state index is 0.0170. The van der Waals surface area contributed by atoms with Gasteiger partial charge in [-0.05, 0) is 18.2 Å². The van der Waals surface area contributed by atoms with E-state index in [1.165, 1.54) is 31.5 Å². The molecular formula is C15H11F3N4O3. The number of alkyl halides is 3. The van der Waals surface area contributed by atoms with E-state index in [1.54, 1.807) is 0 Å². The predicted octanol–water partition coefficient (Wildman–Crippen LogP) is 3.95. The minimum Gasteiger partial charge on any atom is -0.456 e. The number of nitrogens with one attached hydrogen (secondary N) is 2. The number of H-pyrrole nitrogens is 1. The number of methoxy groups -OCH3 is 1. The molecule has 0 bridgehead atoms. The number of halogens is 3. The fourth-order valence-electron chi connectivity index (χ4n) is 2.02. The van der Waals surface area contributed by atoms with Crippen molar-refractivity contribution in [1.29, 1.82) is 0 Å². The number of imidazole rings is 1. The van der Waals surface area contributed by atoms with Crippen molar-refractivity contribution in [3.63, 3.8) is 0 Å². The van der Waals surface area contributed by atoms with Crippen LogP contribution in [0.2, 0.25) is 0 Å². The zero-order chi connectivity index (χ0) is 18.0. The van der Waals surface area contributed by atoms with E-state index in [9.17, 15) is 18.0 Å². The normalized spacial score (nSPS) is 11.4. The summed E-state index contributed by atoms with van der Waals surface area (Å²) < 4.78 is 48.0. The quantitative estimate of drug-likeness (QED) is 0.745. The molecule has 0 aliphatic carbocycles. The van der Waals surface area contributed by atoms with E-state index in [0.717, 1.165) is 12.1 Å². The fourth-order valence-corrected chi connectivity index (χ4v) is 2.02. The van der Waals surface area contributed by atoms with Crippen molar-refractivity contribution < 1.29 is 27.4 Å². The Morgan fingerprint density at radius 3 is 2.76 bits per heavy atom. The van der Waals surface area contributed by atoms with Crippen LogP contribution in [0.25, 0.3) is 11.2 Å². The summed E-state index contributed by atoms with van der Waals surface area (Å²) in [7, 11) is 1.21. The van der Waals surface area contributed by atoms with E-state index in [1.807, 2.05) is 0 Å². The van der Waals surface area contributed by atoms with Gasteiger partial charge in [-0.15, -0.1) is 0 Å². The van der Waals surface area contributed by atoms with Crippen LogP contribution in [0.5, 0.6) is 11.5 Å². The van der Waals surface area contributed by atoms with Gasteiger partial charge in [0.15, 0.2) is 5.65 Å². The van der Waals surface area contributed by atoms with Crippen molar-refractivity contribution in [3.8, 4) is 11.5 Å². The summed E-state index contributed by atoms with van der Waals surface area (Å²) in [6, 6.07) is 5.99. The number of carbonyl (C=O) groups is 1. The molecule has 2 N–H and O–H groups in total. The second-order valence-corrected chi connectivity index (χ2v) is 4.87. The number of hydrogen-bond donors (Lipinski definition) is 2. The highest BCUT2D eigenvalue weighted by atomic mass is 19.4. The molecule has 0 spiro atoms. The Morgan fingerprint density at radius 2 is 2.04 bits per heavy atom. The van der Waals surface area contributed by atoms with Crippen molar-refractivity contribution in [2.45, 2.75) is 6.18 Å². The van der Waals surface area contributed by atoms with Crippen molar-refractivity contribution >= 4 is 23.2 Å². The topological polar surface area (TPSA) is 89.1 Å². The fraction of sp³-hybridized carbons (Fsp3) is 0.133. The Balaban J connectivity index is 1.83. The summed E-state index contributed by atoms with van der Waals surface area (Å²) in [5.41, 5.74) is -0.0937. The van der Waals surface area contributed by atoms with Crippen molar-refractivity contribution in [1.82, 2.24) is 15.0 Å². The third-order valence-corrected chi connectivity index (χ3v) is 3.12. The molecule has 10 heteroatoms. The first-order valence-electron chi connectivity index (χ1n) is 6.91. The number of aromatic nitrogens is 3. The Hall–Kier alpha value is -3.30. The molecule has 0 radical (unpaired) electrons. The monoisotopic (exact) mass is 352 g/mol. The van der Waals surface area contributed by atoms with Crippen LogP contribution in [-0.2, 0) is 10.9 Å². The average Bonchev–Trinajstić information content (AvgIpc) is 2.95. The summed E-state index contributed by atoms with van der Waals surface area (Å²) >= 11 is 0. The second-order valence-electron chi connectivity index (χ2n) is 4.87. The molecule has 3 aromatic rings. The van der Waals surface area contributed by atoms with Gasteiger partial charge in [-0.25, -0.2) is 9.78 Å². The van der Waals surface area contributed by atoms with E-state index in [0.29, 0.717) is 11.2 Å². The van der Waals surface area contributed by atoms with Gasteiger partial charge in [-0.1, -0.05) is 6.07 Å². The number of rotatable bonds is 3. The van der Waals surface area contributed by atoms with Crippen LogP contribution in [0.15, 0.2) is 36.5 Å². The molecule has 0 fully saturated rings. The molecule has 0 saturated heterocycles. The molecular weight excluding hydrogens is 341 g/mol. The zero-order valence-corrected chi connectivity index (χ0v) is 12.7. The summed E-state index contributed by atoms with van der Waals surface area (Å²) in [5.74, 6) is 0.342. The molecule has 1 aromatic carbocycles. The molecule has 130 valence electrons. The molecule has 1 amide bonds. The van der Waals surface area contributed by atoms with Gasteiger partial charge in [-0.3, -0.25) is 5.32 Å².